The zero-order chi connectivity index (χ0) is 25.6. The Morgan fingerprint density at radius 3 is 2.56 bits per heavy atom. The summed E-state index contributed by atoms with van der Waals surface area (Å²) in [5.74, 6) is -0.445. The minimum Gasteiger partial charge on any atom is -0.477 e. The number of carbonyl (C=O) groups excluding carboxylic acids is 1. The summed E-state index contributed by atoms with van der Waals surface area (Å²) in [6, 6.07) is 7.23. The highest BCUT2D eigenvalue weighted by atomic mass is 35.5. The number of rotatable bonds is 6. The number of carboxylic acids is 1. The highest BCUT2D eigenvalue weighted by Crippen LogP contribution is 2.34. The van der Waals surface area contributed by atoms with Gasteiger partial charge in [0.05, 0.1) is 15.6 Å². The molecule has 0 unspecified atom stereocenters. The van der Waals surface area contributed by atoms with Gasteiger partial charge in [0.25, 0.3) is 0 Å². The molecular formula is C26H28ClN5O3S. The number of hydrogen-bond acceptors (Lipinski definition) is 5. The third kappa shape index (κ3) is 4.65. The molecule has 36 heavy (non-hydrogen) atoms. The van der Waals surface area contributed by atoms with Crippen LogP contribution in [-0.4, -0.2) is 42.2 Å². The molecule has 10 heteroatoms. The molecule has 8 nitrogen and oxygen atoms in total. The van der Waals surface area contributed by atoms with E-state index in [1.165, 1.54) is 17.5 Å². The van der Waals surface area contributed by atoms with Crippen LogP contribution in [0.2, 0.25) is 5.02 Å². The van der Waals surface area contributed by atoms with Crippen LogP contribution in [0.4, 0.5) is 5.82 Å². The lowest BCUT2D eigenvalue weighted by molar-refractivity contribution is -0.123. The number of hydrogen-bond donors (Lipinski definition) is 1. The lowest BCUT2D eigenvalue weighted by Crippen LogP contribution is -2.43. The molecule has 0 spiro atoms. The molecule has 1 amide bonds. The van der Waals surface area contributed by atoms with Crippen LogP contribution in [0.15, 0.2) is 42.9 Å². The predicted octanol–water partition coefficient (Wildman–Crippen LogP) is 6.17. The Kier molecular flexibility index (Phi) is 6.61. The van der Waals surface area contributed by atoms with Crippen LogP contribution < -0.4 is 4.90 Å². The number of aromatic carboxylic acids is 1. The van der Waals surface area contributed by atoms with Crippen LogP contribution in [0.25, 0.3) is 21.2 Å². The Bertz CT molecular complexity index is 1430. The fourth-order valence-corrected chi connectivity index (χ4v) is 5.84. The van der Waals surface area contributed by atoms with E-state index in [-0.39, 0.29) is 29.2 Å². The Hall–Kier alpha value is -3.17. The molecule has 1 fully saturated rings. The number of pyridine rings is 1. The standard InChI is InChI=1S/C26H28ClN5O3S/c1-15(2)32(25(33)17-6-4-16(3)5-7-17)24-19(26(34)35)13-31(29-24)23-11-9-21(36-23)20-14-30-12-18(27)8-10-22(30)28-20/h8-17H,4-7H2,1-3H3,(H,34,35). The van der Waals surface area contributed by atoms with E-state index in [9.17, 15) is 14.7 Å². The average molecular weight is 526 g/mol. The second-order valence-electron chi connectivity index (χ2n) is 9.75. The third-order valence-electron chi connectivity index (χ3n) is 6.76. The SMILES string of the molecule is CC1CCC(C(=O)N(c2nn(-c3ccc(-c4cn5cc(Cl)ccc5n4)s3)cc2C(=O)O)C(C)C)CC1. The highest BCUT2D eigenvalue weighted by molar-refractivity contribution is 7.17. The van der Waals surface area contributed by atoms with Crippen LogP contribution in [0.5, 0.6) is 0 Å². The van der Waals surface area contributed by atoms with E-state index in [2.05, 4.69) is 17.0 Å². The molecule has 1 aliphatic rings. The Morgan fingerprint density at radius 1 is 1.11 bits per heavy atom. The number of aromatic nitrogens is 4. The topological polar surface area (TPSA) is 92.7 Å². The van der Waals surface area contributed by atoms with Crippen molar-refractivity contribution in [2.75, 3.05) is 4.90 Å². The van der Waals surface area contributed by atoms with Gasteiger partial charge in [-0.2, -0.15) is 0 Å². The summed E-state index contributed by atoms with van der Waals surface area (Å²) in [5, 5.41) is 15.9. The molecule has 0 atom stereocenters. The number of thiophene rings is 1. The van der Waals surface area contributed by atoms with Crippen molar-refractivity contribution in [1.82, 2.24) is 19.2 Å². The van der Waals surface area contributed by atoms with E-state index >= 15 is 0 Å². The minimum absolute atomic E-state index is 0.0125. The van der Waals surface area contributed by atoms with E-state index in [4.69, 9.17) is 11.6 Å². The first kappa shape index (κ1) is 24.5. The van der Waals surface area contributed by atoms with Crippen molar-refractivity contribution >= 4 is 46.3 Å². The van der Waals surface area contributed by atoms with Gasteiger partial charge in [-0.15, -0.1) is 16.4 Å². The number of fused-ring (bicyclic) bond motifs is 1. The van der Waals surface area contributed by atoms with Crippen molar-refractivity contribution in [3.63, 3.8) is 0 Å². The smallest absolute Gasteiger partial charge is 0.341 e. The number of imidazole rings is 1. The third-order valence-corrected chi connectivity index (χ3v) is 8.08. The van der Waals surface area contributed by atoms with Crippen molar-refractivity contribution in [2.24, 2.45) is 11.8 Å². The summed E-state index contributed by atoms with van der Waals surface area (Å²) < 4.78 is 3.41. The maximum atomic E-state index is 13.5. The van der Waals surface area contributed by atoms with Gasteiger partial charge in [0.1, 0.15) is 16.2 Å². The lowest BCUT2D eigenvalue weighted by Gasteiger charge is -2.32. The molecule has 4 heterocycles. The molecule has 0 saturated heterocycles. The summed E-state index contributed by atoms with van der Waals surface area (Å²) >= 11 is 7.54. The first-order chi connectivity index (χ1) is 17.2. The molecule has 0 radical (unpaired) electrons. The first-order valence-corrected chi connectivity index (χ1v) is 13.3. The molecule has 188 valence electrons. The summed E-state index contributed by atoms with van der Waals surface area (Å²) in [6.07, 6.45) is 8.85. The van der Waals surface area contributed by atoms with Crippen LogP contribution in [0.1, 0.15) is 56.8 Å². The Labute approximate surface area is 218 Å². The molecule has 4 aromatic rings. The predicted molar refractivity (Wildman–Crippen MR) is 141 cm³/mol. The summed E-state index contributed by atoms with van der Waals surface area (Å²) in [6.45, 7) is 6.00. The van der Waals surface area contributed by atoms with Crippen LogP contribution in [0.3, 0.4) is 0 Å². The van der Waals surface area contributed by atoms with Gasteiger partial charge in [-0.3, -0.25) is 9.69 Å². The number of amides is 1. The van der Waals surface area contributed by atoms with Crippen LogP contribution >= 0.6 is 22.9 Å². The second-order valence-corrected chi connectivity index (χ2v) is 11.3. The minimum atomic E-state index is -1.11. The van der Waals surface area contributed by atoms with Crippen molar-refractivity contribution in [1.29, 1.82) is 0 Å². The highest BCUT2D eigenvalue weighted by Gasteiger charge is 2.34. The Morgan fingerprint density at radius 2 is 1.86 bits per heavy atom. The molecule has 1 aliphatic carbocycles. The summed E-state index contributed by atoms with van der Waals surface area (Å²) in [7, 11) is 0. The molecule has 5 rings (SSSR count). The zero-order valence-electron chi connectivity index (χ0n) is 20.4. The zero-order valence-corrected chi connectivity index (χ0v) is 22.0. The monoisotopic (exact) mass is 525 g/mol. The summed E-state index contributed by atoms with van der Waals surface area (Å²) in [4.78, 5) is 32.8. The van der Waals surface area contributed by atoms with Gasteiger partial charge in [0.15, 0.2) is 5.82 Å². The van der Waals surface area contributed by atoms with Crippen molar-refractivity contribution in [2.45, 2.75) is 52.5 Å². The van der Waals surface area contributed by atoms with Gasteiger partial charge in [-0.1, -0.05) is 18.5 Å². The fourth-order valence-electron chi connectivity index (χ4n) is 4.79. The molecule has 1 N–H and O–H groups in total. The summed E-state index contributed by atoms with van der Waals surface area (Å²) in [5.41, 5.74) is 1.57. The first-order valence-electron chi connectivity index (χ1n) is 12.1. The maximum Gasteiger partial charge on any atom is 0.341 e. The van der Waals surface area contributed by atoms with Gasteiger partial charge in [0.2, 0.25) is 5.91 Å². The molecule has 0 aromatic carbocycles. The molecular weight excluding hydrogens is 498 g/mol. The largest absolute Gasteiger partial charge is 0.477 e. The van der Waals surface area contributed by atoms with E-state index in [0.29, 0.717) is 10.9 Å². The van der Waals surface area contributed by atoms with Crippen LogP contribution in [0, 0.1) is 11.8 Å². The van der Waals surface area contributed by atoms with E-state index in [0.717, 1.165) is 46.9 Å². The van der Waals surface area contributed by atoms with Gasteiger partial charge < -0.3 is 9.51 Å². The van der Waals surface area contributed by atoms with Gasteiger partial charge in [0, 0.05) is 30.6 Å². The van der Waals surface area contributed by atoms with Gasteiger partial charge in [-0.05, 0) is 69.7 Å². The molecule has 4 aromatic heterocycles. The van der Waals surface area contributed by atoms with E-state index < -0.39 is 5.97 Å². The lowest BCUT2D eigenvalue weighted by atomic mass is 9.82. The quantitative estimate of drug-likeness (QED) is 0.325. The number of carboxylic acid groups (broad SMARTS) is 1. The van der Waals surface area contributed by atoms with Crippen molar-refractivity contribution in [3.05, 3.63) is 53.4 Å². The number of nitrogens with zero attached hydrogens (tertiary/aromatic N) is 5. The second kappa shape index (κ2) is 9.71. The number of carbonyl (C=O) groups is 2. The van der Waals surface area contributed by atoms with Gasteiger partial charge in [-0.25, -0.2) is 14.5 Å². The van der Waals surface area contributed by atoms with Crippen LogP contribution in [-0.2, 0) is 4.79 Å². The molecule has 1 saturated carbocycles. The van der Waals surface area contributed by atoms with E-state index in [1.807, 2.05) is 42.6 Å². The number of anilines is 1. The molecule has 0 aliphatic heterocycles. The fraction of sp³-hybridized carbons (Fsp3) is 0.385. The molecule has 0 bridgehead atoms. The van der Waals surface area contributed by atoms with Gasteiger partial charge >= 0.3 is 5.97 Å². The van der Waals surface area contributed by atoms with E-state index in [1.54, 1.807) is 21.8 Å². The van der Waals surface area contributed by atoms with Crippen molar-refractivity contribution < 1.29 is 14.7 Å². The number of halogens is 1. The average Bonchev–Trinajstić information content (AvgIpc) is 3.57. The van der Waals surface area contributed by atoms with Crippen molar-refractivity contribution in [3.8, 4) is 15.6 Å². The maximum absolute atomic E-state index is 13.5. The normalized spacial score (nSPS) is 18.1. The Balaban J connectivity index is 1.48.